The predicted octanol–water partition coefficient (Wildman–Crippen LogP) is 2.45. The highest BCUT2D eigenvalue weighted by atomic mass is 16.3. The minimum Gasteiger partial charge on any atom is -0.396 e. The molecule has 126 valence electrons. The van der Waals surface area contributed by atoms with Gasteiger partial charge in [-0.3, -0.25) is 9.59 Å². The third-order valence-corrected chi connectivity index (χ3v) is 4.99. The van der Waals surface area contributed by atoms with E-state index in [9.17, 15) is 14.7 Å². The molecular formula is C19H22N2O3. The molecule has 0 spiro atoms. The van der Waals surface area contributed by atoms with Crippen LogP contribution in [0, 0.1) is 5.41 Å². The molecule has 0 aliphatic heterocycles. The molecule has 3 N–H and O–H groups in total. The maximum atomic E-state index is 12.3. The van der Waals surface area contributed by atoms with Gasteiger partial charge in [-0.1, -0.05) is 49.7 Å². The highest BCUT2D eigenvalue weighted by Crippen LogP contribution is 2.37. The number of amides is 2. The van der Waals surface area contributed by atoms with Crippen molar-refractivity contribution in [3.8, 4) is 0 Å². The van der Waals surface area contributed by atoms with Crippen LogP contribution in [-0.2, 0) is 9.59 Å². The Kier molecular flexibility index (Phi) is 4.53. The Hall–Kier alpha value is -2.40. The van der Waals surface area contributed by atoms with E-state index in [1.54, 1.807) is 6.07 Å². The molecular weight excluding hydrogens is 304 g/mol. The van der Waals surface area contributed by atoms with Gasteiger partial charge in [0.25, 0.3) is 0 Å². The third kappa shape index (κ3) is 3.12. The second-order valence-electron chi connectivity index (χ2n) is 6.71. The number of aliphatic hydroxyl groups excluding tert-OH is 1. The lowest BCUT2D eigenvalue weighted by atomic mass is 9.86. The Balaban J connectivity index is 1.71. The van der Waals surface area contributed by atoms with Crippen LogP contribution in [0.2, 0.25) is 0 Å². The summed E-state index contributed by atoms with van der Waals surface area (Å²) >= 11 is 0. The van der Waals surface area contributed by atoms with Crippen LogP contribution in [0.25, 0.3) is 10.8 Å². The zero-order valence-electron chi connectivity index (χ0n) is 13.7. The summed E-state index contributed by atoms with van der Waals surface area (Å²) in [7, 11) is 0. The van der Waals surface area contributed by atoms with Gasteiger partial charge in [-0.05, 0) is 24.3 Å². The molecule has 5 heteroatoms. The third-order valence-electron chi connectivity index (χ3n) is 4.99. The number of aliphatic hydroxyl groups is 1. The number of rotatable bonds is 3. The van der Waals surface area contributed by atoms with Crippen LogP contribution >= 0.6 is 0 Å². The van der Waals surface area contributed by atoms with Crippen LogP contribution < -0.4 is 10.6 Å². The van der Waals surface area contributed by atoms with Crippen molar-refractivity contribution >= 4 is 28.3 Å². The fraction of sp³-hybridized carbons (Fsp3) is 0.368. The average Bonchev–Trinajstić information content (AvgIpc) is 2.96. The summed E-state index contributed by atoms with van der Waals surface area (Å²) in [6.07, 6.45) is 2.57. The first kappa shape index (κ1) is 16.5. The first-order valence-electron chi connectivity index (χ1n) is 8.24. The second kappa shape index (κ2) is 6.61. The van der Waals surface area contributed by atoms with E-state index in [0.717, 1.165) is 30.0 Å². The fourth-order valence-corrected chi connectivity index (χ4v) is 3.41. The normalized spacial score (nSPS) is 23.2. The molecule has 1 saturated carbocycles. The van der Waals surface area contributed by atoms with Crippen molar-refractivity contribution in [2.45, 2.75) is 32.2 Å². The summed E-state index contributed by atoms with van der Waals surface area (Å²) < 4.78 is 0. The Morgan fingerprint density at radius 3 is 2.71 bits per heavy atom. The van der Waals surface area contributed by atoms with E-state index in [1.807, 2.05) is 43.3 Å². The minimum atomic E-state index is -0.682. The number of fused-ring (bicyclic) bond motifs is 1. The van der Waals surface area contributed by atoms with Crippen LogP contribution in [-0.4, -0.2) is 29.6 Å². The lowest BCUT2D eigenvalue weighted by Gasteiger charge is -2.29. The Bertz CT molecular complexity index is 769. The number of nitrogens with one attached hydrogen (secondary N) is 2. The summed E-state index contributed by atoms with van der Waals surface area (Å²) in [5.41, 5.74) is 0.264. The molecule has 2 atom stereocenters. The molecule has 0 bridgehead atoms. The zero-order valence-corrected chi connectivity index (χ0v) is 13.7. The van der Waals surface area contributed by atoms with Crippen LogP contribution in [0.4, 0.5) is 5.69 Å². The maximum absolute atomic E-state index is 12.3. The van der Waals surface area contributed by atoms with Crippen LogP contribution in [0.3, 0.4) is 0 Å². The number of hydrogen-bond acceptors (Lipinski definition) is 3. The first-order valence-corrected chi connectivity index (χ1v) is 8.24. The standard InChI is InChI=1S/C19H22N2O3/c1-19(12-22)11-5-10-16(19)21-18(24)17(23)20-15-9-4-7-13-6-2-3-8-14(13)15/h2-4,6-9,16,22H,5,10-12H2,1H3,(H,20,23)(H,21,24). The summed E-state index contributed by atoms with van der Waals surface area (Å²) in [4.78, 5) is 24.5. The molecule has 2 aromatic rings. The summed E-state index contributed by atoms with van der Waals surface area (Å²) in [5, 5.41) is 16.9. The SMILES string of the molecule is CC1(CO)CCCC1NC(=O)C(=O)Nc1cccc2ccccc12. The van der Waals surface area contributed by atoms with Gasteiger partial charge in [-0.2, -0.15) is 0 Å². The molecule has 0 aromatic heterocycles. The lowest BCUT2D eigenvalue weighted by molar-refractivity contribution is -0.137. The molecule has 5 nitrogen and oxygen atoms in total. The smallest absolute Gasteiger partial charge is 0.313 e. The van der Waals surface area contributed by atoms with Crippen molar-refractivity contribution in [3.63, 3.8) is 0 Å². The molecule has 0 saturated heterocycles. The second-order valence-corrected chi connectivity index (χ2v) is 6.71. The number of anilines is 1. The molecule has 2 amide bonds. The molecule has 2 aromatic carbocycles. The zero-order chi connectivity index (χ0) is 17.2. The Morgan fingerprint density at radius 1 is 1.17 bits per heavy atom. The molecule has 24 heavy (non-hydrogen) atoms. The highest BCUT2D eigenvalue weighted by molar-refractivity contribution is 6.40. The molecule has 2 unspecified atom stereocenters. The summed E-state index contributed by atoms with van der Waals surface area (Å²) in [5.74, 6) is -1.34. The summed E-state index contributed by atoms with van der Waals surface area (Å²) in [6.45, 7) is 1.94. The van der Waals surface area contributed by atoms with Crippen LogP contribution in [0.1, 0.15) is 26.2 Å². The number of hydrogen-bond donors (Lipinski definition) is 3. The quantitative estimate of drug-likeness (QED) is 0.758. The van der Waals surface area contributed by atoms with E-state index in [1.165, 1.54) is 0 Å². The average molecular weight is 326 g/mol. The molecule has 0 heterocycles. The number of carbonyl (C=O) groups is 2. The first-order chi connectivity index (χ1) is 11.5. The maximum Gasteiger partial charge on any atom is 0.313 e. The van der Waals surface area contributed by atoms with Gasteiger partial charge in [-0.15, -0.1) is 0 Å². The van der Waals surface area contributed by atoms with Gasteiger partial charge in [0, 0.05) is 22.5 Å². The van der Waals surface area contributed by atoms with E-state index in [-0.39, 0.29) is 18.1 Å². The van der Waals surface area contributed by atoms with Gasteiger partial charge < -0.3 is 15.7 Å². The predicted molar refractivity (Wildman–Crippen MR) is 93.6 cm³/mol. The van der Waals surface area contributed by atoms with E-state index in [4.69, 9.17) is 0 Å². The topological polar surface area (TPSA) is 78.4 Å². The van der Waals surface area contributed by atoms with Crippen molar-refractivity contribution in [3.05, 3.63) is 42.5 Å². The van der Waals surface area contributed by atoms with Crippen molar-refractivity contribution in [2.75, 3.05) is 11.9 Å². The van der Waals surface area contributed by atoms with E-state index < -0.39 is 11.8 Å². The van der Waals surface area contributed by atoms with Gasteiger partial charge in [0.1, 0.15) is 0 Å². The summed E-state index contributed by atoms with van der Waals surface area (Å²) in [6, 6.07) is 13.1. The fourth-order valence-electron chi connectivity index (χ4n) is 3.41. The van der Waals surface area contributed by atoms with E-state index in [0.29, 0.717) is 5.69 Å². The van der Waals surface area contributed by atoms with E-state index >= 15 is 0 Å². The Morgan fingerprint density at radius 2 is 1.92 bits per heavy atom. The minimum absolute atomic E-state index is 0.00287. The lowest BCUT2D eigenvalue weighted by Crippen LogP contribution is -2.48. The van der Waals surface area contributed by atoms with Crippen molar-refractivity contribution in [1.29, 1.82) is 0 Å². The molecule has 3 rings (SSSR count). The van der Waals surface area contributed by atoms with E-state index in [2.05, 4.69) is 10.6 Å². The van der Waals surface area contributed by atoms with Gasteiger partial charge in [0.15, 0.2) is 0 Å². The van der Waals surface area contributed by atoms with Gasteiger partial charge in [0.05, 0.1) is 6.61 Å². The monoisotopic (exact) mass is 326 g/mol. The van der Waals surface area contributed by atoms with Crippen molar-refractivity contribution in [1.82, 2.24) is 5.32 Å². The van der Waals surface area contributed by atoms with Crippen molar-refractivity contribution < 1.29 is 14.7 Å². The highest BCUT2D eigenvalue weighted by Gasteiger charge is 2.39. The van der Waals surface area contributed by atoms with Crippen molar-refractivity contribution in [2.24, 2.45) is 5.41 Å². The van der Waals surface area contributed by atoms with Gasteiger partial charge in [-0.25, -0.2) is 0 Å². The van der Waals surface area contributed by atoms with Gasteiger partial charge in [0.2, 0.25) is 0 Å². The van der Waals surface area contributed by atoms with Gasteiger partial charge >= 0.3 is 11.8 Å². The van der Waals surface area contributed by atoms with Crippen LogP contribution in [0.15, 0.2) is 42.5 Å². The Labute approximate surface area is 141 Å². The largest absolute Gasteiger partial charge is 0.396 e. The van der Waals surface area contributed by atoms with Crippen LogP contribution in [0.5, 0.6) is 0 Å². The molecule has 0 radical (unpaired) electrons. The molecule has 1 fully saturated rings. The molecule has 1 aliphatic rings. The number of carbonyl (C=O) groups excluding carboxylic acids is 2. The number of benzene rings is 2. The molecule has 1 aliphatic carbocycles.